The standard InChI is InChI=1S/C13H8ClNO4/c14-9-5-12(17)10(6-11(9)16)15-8-3-1-7(2-4-8)13(18)19/h1-6,15H,(H,18,19). The minimum absolute atomic E-state index is 0.0949. The van der Waals surface area contributed by atoms with Crippen molar-refractivity contribution in [1.29, 1.82) is 0 Å². The number of ketones is 2. The maximum absolute atomic E-state index is 11.6. The summed E-state index contributed by atoms with van der Waals surface area (Å²) in [4.78, 5) is 33.6. The number of aromatic carboxylic acids is 1. The second-order valence-electron chi connectivity index (χ2n) is 3.79. The molecule has 1 aromatic carbocycles. The van der Waals surface area contributed by atoms with Crippen molar-refractivity contribution in [2.45, 2.75) is 0 Å². The van der Waals surface area contributed by atoms with Crippen molar-refractivity contribution in [3.8, 4) is 0 Å². The average molecular weight is 278 g/mol. The number of allylic oxidation sites excluding steroid dienone is 3. The number of halogens is 1. The quantitative estimate of drug-likeness (QED) is 0.825. The lowest BCUT2D eigenvalue weighted by atomic mass is 10.1. The van der Waals surface area contributed by atoms with Crippen molar-refractivity contribution in [1.82, 2.24) is 0 Å². The van der Waals surface area contributed by atoms with Crippen LogP contribution in [-0.4, -0.2) is 22.6 Å². The number of carbonyl (C=O) groups excluding carboxylic acids is 2. The molecule has 0 aromatic heterocycles. The molecule has 1 aliphatic rings. The second-order valence-corrected chi connectivity index (χ2v) is 4.19. The molecule has 2 rings (SSSR count). The predicted molar refractivity (Wildman–Crippen MR) is 69.1 cm³/mol. The molecule has 2 N–H and O–H groups in total. The van der Waals surface area contributed by atoms with E-state index in [1.807, 2.05) is 0 Å². The molecule has 0 bridgehead atoms. The molecule has 1 aromatic rings. The van der Waals surface area contributed by atoms with Gasteiger partial charge in [0.15, 0.2) is 5.78 Å². The van der Waals surface area contributed by atoms with Gasteiger partial charge in [0, 0.05) is 17.8 Å². The van der Waals surface area contributed by atoms with Crippen molar-refractivity contribution in [3.63, 3.8) is 0 Å². The zero-order valence-electron chi connectivity index (χ0n) is 9.51. The molecule has 0 spiro atoms. The van der Waals surface area contributed by atoms with Crippen LogP contribution in [0.25, 0.3) is 0 Å². The Kier molecular flexibility index (Phi) is 3.48. The topological polar surface area (TPSA) is 83.5 Å². The molecule has 5 nitrogen and oxygen atoms in total. The third-order valence-corrected chi connectivity index (χ3v) is 2.74. The van der Waals surface area contributed by atoms with Gasteiger partial charge in [-0.15, -0.1) is 0 Å². The molecule has 0 heterocycles. The molecule has 0 fully saturated rings. The largest absolute Gasteiger partial charge is 0.478 e. The Morgan fingerprint density at radius 2 is 1.68 bits per heavy atom. The van der Waals surface area contributed by atoms with Gasteiger partial charge in [0.2, 0.25) is 5.78 Å². The minimum Gasteiger partial charge on any atom is -0.478 e. The summed E-state index contributed by atoms with van der Waals surface area (Å²) in [5.41, 5.74) is 0.731. The van der Waals surface area contributed by atoms with Crippen LogP contribution >= 0.6 is 11.6 Å². The molecule has 96 valence electrons. The number of hydrogen-bond acceptors (Lipinski definition) is 4. The van der Waals surface area contributed by atoms with E-state index in [1.54, 1.807) is 0 Å². The van der Waals surface area contributed by atoms with Gasteiger partial charge in [-0.3, -0.25) is 9.59 Å². The summed E-state index contributed by atoms with van der Waals surface area (Å²) < 4.78 is 0. The van der Waals surface area contributed by atoms with Crippen LogP contribution in [-0.2, 0) is 9.59 Å². The lowest BCUT2D eigenvalue weighted by Gasteiger charge is -2.11. The van der Waals surface area contributed by atoms with Gasteiger partial charge in [-0.2, -0.15) is 0 Å². The number of anilines is 1. The highest BCUT2D eigenvalue weighted by Crippen LogP contribution is 2.18. The summed E-state index contributed by atoms with van der Waals surface area (Å²) in [6, 6.07) is 5.79. The molecule has 6 heteroatoms. The van der Waals surface area contributed by atoms with Crippen LogP contribution in [0.1, 0.15) is 10.4 Å². The third kappa shape index (κ3) is 2.89. The number of carbonyl (C=O) groups is 3. The maximum Gasteiger partial charge on any atom is 0.335 e. The second kappa shape index (κ2) is 5.07. The molecule has 0 saturated heterocycles. The van der Waals surface area contributed by atoms with E-state index >= 15 is 0 Å². The SMILES string of the molecule is O=C1C=C(Nc2ccc(C(=O)O)cc2)C(=O)C=C1Cl. The normalized spacial score (nSPS) is 14.8. The highest BCUT2D eigenvalue weighted by Gasteiger charge is 2.18. The Bertz CT molecular complexity index is 629. The van der Waals surface area contributed by atoms with Gasteiger partial charge in [-0.05, 0) is 24.3 Å². The minimum atomic E-state index is -1.04. The Labute approximate surface area is 113 Å². The molecule has 1 aliphatic carbocycles. The average Bonchev–Trinajstić information content (AvgIpc) is 2.36. The summed E-state index contributed by atoms with van der Waals surface area (Å²) in [5, 5.41) is 11.4. The van der Waals surface area contributed by atoms with Gasteiger partial charge >= 0.3 is 5.97 Å². The maximum atomic E-state index is 11.6. The van der Waals surface area contributed by atoms with Crippen LogP contribution < -0.4 is 5.32 Å². The van der Waals surface area contributed by atoms with Crippen LogP contribution in [0.4, 0.5) is 5.69 Å². The van der Waals surface area contributed by atoms with E-state index in [2.05, 4.69) is 5.32 Å². The number of rotatable bonds is 3. The first kappa shape index (κ1) is 13.0. The zero-order chi connectivity index (χ0) is 14.0. The van der Waals surface area contributed by atoms with E-state index in [0.717, 1.165) is 12.2 Å². The van der Waals surface area contributed by atoms with Gasteiger partial charge < -0.3 is 10.4 Å². The summed E-state index contributed by atoms with van der Waals surface area (Å²) >= 11 is 5.54. The van der Waals surface area contributed by atoms with Crippen LogP contribution in [0.15, 0.2) is 47.1 Å². The lowest BCUT2D eigenvalue weighted by Crippen LogP contribution is -2.16. The van der Waals surface area contributed by atoms with Crippen LogP contribution in [0.5, 0.6) is 0 Å². The third-order valence-electron chi connectivity index (χ3n) is 2.44. The molecular weight excluding hydrogens is 270 g/mol. The summed E-state index contributed by atoms with van der Waals surface area (Å²) in [6.45, 7) is 0. The first-order valence-electron chi connectivity index (χ1n) is 5.25. The van der Waals surface area contributed by atoms with E-state index < -0.39 is 17.5 Å². The first-order valence-corrected chi connectivity index (χ1v) is 5.63. The van der Waals surface area contributed by atoms with Gasteiger partial charge in [0.25, 0.3) is 0 Å². The number of carboxylic acid groups (broad SMARTS) is 1. The fourth-order valence-electron chi connectivity index (χ4n) is 1.48. The monoisotopic (exact) mass is 277 g/mol. The molecule has 0 atom stereocenters. The summed E-state index contributed by atoms with van der Waals surface area (Å²) in [6.07, 6.45) is 2.15. The first-order chi connectivity index (χ1) is 8.97. The fraction of sp³-hybridized carbons (Fsp3) is 0. The Balaban J connectivity index is 2.18. The molecule has 0 amide bonds. The predicted octanol–water partition coefficient (Wildman–Crippen LogP) is 1.96. The van der Waals surface area contributed by atoms with Gasteiger partial charge in [-0.1, -0.05) is 11.6 Å². The van der Waals surface area contributed by atoms with Crippen LogP contribution in [0, 0.1) is 0 Å². The van der Waals surface area contributed by atoms with Crippen molar-refractivity contribution >= 4 is 34.8 Å². The smallest absolute Gasteiger partial charge is 0.335 e. The molecular formula is C13H8ClNO4. The number of nitrogens with one attached hydrogen (secondary N) is 1. The number of hydrogen-bond donors (Lipinski definition) is 2. The van der Waals surface area contributed by atoms with E-state index in [1.165, 1.54) is 24.3 Å². The molecule has 0 saturated carbocycles. The van der Waals surface area contributed by atoms with Crippen LogP contribution in [0.2, 0.25) is 0 Å². The van der Waals surface area contributed by atoms with Crippen molar-refractivity contribution < 1.29 is 19.5 Å². The van der Waals surface area contributed by atoms with Gasteiger partial charge in [-0.25, -0.2) is 4.79 Å². The van der Waals surface area contributed by atoms with E-state index in [0.29, 0.717) is 5.69 Å². The van der Waals surface area contributed by atoms with Crippen molar-refractivity contribution in [3.05, 3.63) is 52.7 Å². The van der Waals surface area contributed by atoms with Crippen molar-refractivity contribution in [2.75, 3.05) is 5.32 Å². The Hall–Kier alpha value is -2.40. The van der Waals surface area contributed by atoms with E-state index in [4.69, 9.17) is 16.7 Å². The zero-order valence-corrected chi connectivity index (χ0v) is 10.3. The van der Waals surface area contributed by atoms with E-state index in [-0.39, 0.29) is 16.3 Å². The van der Waals surface area contributed by atoms with Gasteiger partial charge in [0.05, 0.1) is 16.3 Å². The molecule has 0 unspecified atom stereocenters. The molecule has 19 heavy (non-hydrogen) atoms. The highest BCUT2D eigenvalue weighted by molar-refractivity contribution is 6.47. The van der Waals surface area contributed by atoms with Gasteiger partial charge in [0.1, 0.15) is 0 Å². The van der Waals surface area contributed by atoms with E-state index in [9.17, 15) is 14.4 Å². The molecule has 0 aliphatic heterocycles. The highest BCUT2D eigenvalue weighted by atomic mass is 35.5. The lowest BCUT2D eigenvalue weighted by molar-refractivity contribution is -0.114. The molecule has 0 radical (unpaired) electrons. The van der Waals surface area contributed by atoms with Crippen molar-refractivity contribution in [2.24, 2.45) is 0 Å². The van der Waals surface area contributed by atoms with Crippen LogP contribution in [0.3, 0.4) is 0 Å². The Morgan fingerprint density at radius 3 is 2.26 bits per heavy atom. The summed E-state index contributed by atoms with van der Waals surface area (Å²) in [7, 11) is 0. The number of carboxylic acids is 1. The number of benzene rings is 1. The fourth-order valence-corrected chi connectivity index (χ4v) is 1.64. The summed E-state index contributed by atoms with van der Waals surface area (Å²) in [5.74, 6) is -1.90. The Morgan fingerprint density at radius 1 is 1.05 bits per heavy atom.